The molecule has 3 nitrogen and oxygen atoms in total. The van der Waals surface area contributed by atoms with Crippen LogP contribution in [0.15, 0.2) is 0 Å². The van der Waals surface area contributed by atoms with E-state index in [0.29, 0.717) is 6.42 Å². The summed E-state index contributed by atoms with van der Waals surface area (Å²) in [5.41, 5.74) is 0. The Hall–Kier alpha value is -0.570. The molecule has 0 aromatic heterocycles. The van der Waals surface area contributed by atoms with E-state index >= 15 is 0 Å². The number of hydrazine groups is 1. The maximum absolute atomic E-state index is 11.6. The van der Waals surface area contributed by atoms with Crippen molar-refractivity contribution < 1.29 is 4.79 Å². The Morgan fingerprint density at radius 1 is 1.15 bits per heavy atom. The monoisotopic (exact) mass is 186 g/mol. The van der Waals surface area contributed by atoms with Gasteiger partial charge in [-0.3, -0.25) is 9.80 Å². The zero-order chi connectivity index (χ0) is 10.3. The second-order valence-corrected chi connectivity index (χ2v) is 3.47. The summed E-state index contributed by atoms with van der Waals surface area (Å²) in [6.07, 6.45) is 3.76. The van der Waals surface area contributed by atoms with E-state index in [2.05, 4.69) is 13.8 Å². The molecule has 0 fully saturated rings. The van der Waals surface area contributed by atoms with Crippen LogP contribution in [0.1, 0.15) is 39.5 Å². The Morgan fingerprint density at radius 2 is 1.77 bits per heavy atom. The number of rotatable bonds is 6. The number of amides is 1. The zero-order valence-corrected chi connectivity index (χ0v) is 9.34. The number of carbonyl (C=O) groups is 1. The van der Waals surface area contributed by atoms with E-state index in [1.54, 1.807) is 0 Å². The van der Waals surface area contributed by atoms with Crippen molar-refractivity contribution in [3.05, 3.63) is 0 Å². The molecule has 0 N–H and O–H groups in total. The summed E-state index contributed by atoms with van der Waals surface area (Å²) in [7, 11) is 3.83. The standard InChI is InChI=1S/C10H22N2O/c1-5-7-8-10(13)12(9-6-2)11(3)4/h5-9H2,1-4H3. The van der Waals surface area contributed by atoms with Crippen LogP contribution in [-0.2, 0) is 4.79 Å². The molecule has 0 radical (unpaired) electrons. The van der Waals surface area contributed by atoms with Gasteiger partial charge in [0, 0.05) is 27.1 Å². The van der Waals surface area contributed by atoms with Crippen molar-refractivity contribution in [2.24, 2.45) is 0 Å². The van der Waals surface area contributed by atoms with Crippen molar-refractivity contribution in [3.8, 4) is 0 Å². The molecule has 78 valence electrons. The summed E-state index contributed by atoms with van der Waals surface area (Å²) < 4.78 is 0. The molecule has 0 spiro atoms. The lowest BCUT2D eigenvalue weighted by Crippen LogP contribution is -2.42. The first-order valence-electron chi connectivity index (χ1n) is 5.11. The fourth-order valence-electron chi connectivity index (χ4n) is 1.22. The van der Waals surface area contributed by atoms with Gasteiger partial charge in [0.25, 0.3) is 0 Å². The number of nitrogens with zero attached hydrogens (tertiary/aromatic N) is 2. The fraction of sp³-hybridized carbons (Fsp3) is 0.900. The van der Waals surface area contributed by atoms with Crippen LogP contribution in [0.5, 0.6) is 0 Å². The molecule has 0 aromatic rings. The topological polar surface area (TPSA) is 23.6 Å². The molecule has 0 aliphatic heterocycles. The SMILES string of the molecule is CCCCC(=O)N(CCC)N(C)C. The van der Waals surface area contributed by atoms with Crippen molar-refractivity contribution >= 4 is 5.91 Å². The summed E-state index contributed by atoms with van der Waals surface area (Å²) in [4.78, 5) is 11.6. The van der Waals surface area contributed by atoms with Gasteiger partial charge in [0.15, 0.2) is 0 Å². The lowest BCUT2D eigenvalue weighted by atomic mass is 10.2. The molecular formula is C10H22N2O. The Balaban J connectivity index is 3.96. The molecule has 13 heavy (non-hydrogen) atoms. The molecule has 0 unspecified atom stereocenters. The van der Waals surface area contributed by atoms with Crippen molar-refractivity contribution in [3.63, 3.8) is 0 Å². The molecule has 0 saturated heterocycles. The van der Waals surface area contributed by atoms with Crippen LogP contribution in [0, 0.1) is 0 Å². The molecule has 1 amide bonds. The fourth-order valence-corrected chi connectivity index (χ4v) is 1.22. The smallest absolute Gasteiger partial charge is 0.236 e. The highest BCUT2D eigenvalue weighted by molar-refractivity contribution is 5.75. The first kappa shape index (κ1) is 12.4. The van der Waals surface area contributed by atoms with Gasteiger partial charge in [-0.1, -0.05) is 20.3 Å². The van der Waals surface area contributed by atoms with Crippen LogP contribution < -0.4 is 0 Å². The minimum atomic E-state index is 0.244. The molecule has 0 heterocycles. The van der Waals surface area contributed by atoms with Crippen molar-refractivity contribution in [1.82, 2.24) is 10.0 Å². The summed E-state index contributed by atoms with van der Waals surface area (Å²) in [5.74, 6) is 0.244. The summed E-state index contributed by atoms with van der Waals surface area (Å²) in [6, 6.07) is 0. The molecule has 0 bridgehead atoms. The maximum Gasteiger partial charge on any atom is 0.236 e. The van der Waals surface area contributed by atoms with Gasteiger partial charge < -0.3 is 0 Å². The van der Waals surface area contributed by atoms with E-state index in [4.69, 9.17) is 0 Å². The summed E-state index contributed by atoms with van der Waals surface area (Å²) in [6.45, 7) is 5.02. The molecule has 0 aliphatic rings. The van der Waals surface area contributed by atoms with Crippen LogP contribution in [-0.4, -0.2) is 36.6 Å². The number of hydrogen-bond donors (Lipinski definition) is 0. The number of unbranched alkanes of at least 4 members (excludes halogenated alkanes) is 1. The molecule has 0 atom stereocenters. The third-order valence-corrected chi connectivity index (χ3v) is 1.95. The highest BCUT2D eigenvalue weighted by atomic mass is 16.2. The predicted molar refractivity (Wildman–Crippen MR) is 55.2 cm³/mol. The van der Waals surface area contributed by atoms with Crippen LogP contribution in [0.3, 0.4) is 0 Å². The third kappa shape index (κ3) is 4.88. The van der Waals surface area contributed by atoms with E-state index < -0.39 is 0 Å². The van der Waals surface area contributed by atoms with Gasteiger partial charge in [0.2, 0.25) is 5.91 Å². The van der Waals surface area contributed by atoms with Gasteiger partial charge in [-0.05, 0) is 12.8 Å². The molecule has 0 aliphatic carbocycles. The minimum Gasteiger partial charge on any atom is -0.276 e. The minimum absolute atomic E-state index is 0.244. The second kappa shape index (κ2) is 6.89. The first-order valence-corrected chi connectivity index (χ1v) is 5.11. The molecular weight excluding hydrogens is 164 g/mol. The Labute approximate surface area is 81.7 Å². The Kier molecular flexibility index (Phi) is 6.59. The van der Waals surface area contributed by atoms with E-state index in [0.717, 1.165) is 25.8 Å². The van der Waals surface area contributed by atoms with Gasteiger partial charge in [0.05, 0.1) is 0 Å². The third-order valence-electron chi connectivity index (χ3n) is 1.95. The number of carbonyl (C=O) groups excluding carboxylic acids is 1. The van der Waals surface area contributed by atoms with Crippen molar-refractivity contribution in [1.29, 1.82) is 0 Å². The van der Waals surface area contributed by atoms with Crippen molar-refractivity contribution in [2.75, 3.05) is 20.6 Å². The van der Waals surface area contributed by atoms with Crippen LogP contribution >= 0.6 is 0 Å². The van der Waals surface area contributed by atoms with Gasteiger partial charge in [-0.25, -0.2) is 5.01 Å². The van der Waals surface area contributed by atoms with E-state index in [-0.39, 0.29) is 5.91 Å². The normalized spacial score (nSPS) is 10.5. The van der Waals surface area contributed by atoms with E-state index in [1.807, 2.05) is 24.1 Å². The van der Waals surface area contributed by atoms with Crippen LogP contribution in [0.25, 0.3) is 0 Å². The van der Waals surface area contributed by atoms with Crippen molar-refractivity contribution in [2.45, 2.75) is 39.5 Å². The van der Waals surface area contributed by atoms with Gasteiger partial charge >= 0.3 is 0 Å². The molecule has 0 saturated carbocycles. The van der Waals surface area contributed by atoms with Gasteiger partial charge in [-0.15, -0.1) is 0 Å². The van der Waals surface area contributed by atoms with Gasteiger partial charge in [0.1, 0.15) is 0 Å². The maximum atomic E-state index is 11.6. The number of hydrogen-bond acceptors (Lipinski definition) is 2. The predicted octanol–water partition coefficient (Wildman–Crippen LogP) is 1.89. The average molecular weight is 186 g/mol. The first-order chi connectivity index (χ1) is 6.13. The lowest BCUT2D eigenvalue weighted by Gasteiger charge is -2.28. The van der Waals surface area contributed by atoms with E-state index in [9.17, 15) is 4.79 Å². The lowest BCUT2D eigenvalue weighted by molar-refractivity contribution is -0.144. The average Bonchev–Trinajstić information content (AvgIpc) is 2.09. The van der Waals surface area contributed by atoms with Gasteiger partial charge in [-0.2, -0.15) is 0 Å². The largest absolute Gasteiger partial charge is 0.276 e. The quantitative estimate of drug-likeness (QED) is 0.591. The zero-order valence-electron chi connectivity index (χ0n) is 9.34. The highest BCUT2D eigenvalue weighted by Gasteiger charge is 2.13. The molecule has 0 rings (SSSR count). The Bertz CT molecular complexity index is 146. The molecule has 0 aromatic carbocycles. The summed E-state index contributed by atoms with van der Waals surface area (Å²) in [5, 5.41) is 3.69. The summed E-state index contributed by atoms with van der Waals surface area (Å²) >= 11 is 0. The Morgan fingerprint density at radius 3 is 2.15 bits per heavy atom. The van der Waals surface area contributed by atoms with Crippen LogP contribution in [0.2, 0.25) is 0 Å². The van der Waals surface area contributed by atoms with Crippen LogP contribution in [0.4, 0.5) is 0 Å². The van der Waals surface area contributed by atoms with E-state index in [1.165, 1.54) is 0 Å². The molecule has 3 heteroatoms. The second-order valence-electron chi connectivity index (χ2n) is 3.47. The highest BCUT2D eigenvalue weighted by Crippen LogP contribution is 2.02.